The average molecular weight is 329 g/mol. The summed E-state index contributed by atoms with van der Waals surface area (Å²) in [6.45, 7) is 1.42. The fourth-order valence-corrected chi connectivity index (χ4v) is 3.70. The summed E-state index contributed by atoms with van der Waals surface area (Å²) in [6.07, 6.45) is 2.05. The van der Waals surface area contributed by atoms with Crippen LogP contribution in [0, 0.1) is 5.92 Å². The number of aliphatic imine (C=N–C) groups is 1. The number of carbonyl (C=O) groups excluding carboxylic acids is 1. The molecule has 2 aliphatic rings. The molecule has 1 aromatic carbocycles. The molecule has 0 radical (unpaired) electrons. The second-order valence-corrected chi connectivity index (χ2v) is 6.74. The fraction of sp³-hybridized carbons (Fsp3) is 0.429. The molecule has 0 bridgehead atoms. The van der Waals surface area contributed by atoms with E-state index in [4.69, 9.17) is 23.2 Å². The number of nitrogens with zero attached hydrogens (tertiary/aromatic N) is 2. The number of benzene rings is 1. The Bertz CT molecular complexity index is 572. The number of amidine groups is 1. The van der Waals surface area contributed by atoms with Gasteiger partial charge in [0.15, 0.2) is 5.17 Å². The molecule has 0 unspecified atom stereocenters. The van der Waals surface area contributed by atoms with Gasteiger partial charge in [-0.25, -0.2) is 0 Å². The molecule has 0 spiro atoms. The van der Waals surface area contributed by atoms with Crippen molar-refractivity contribution in [2.24, 2.45) is 10.9 Å². The third-order valence-corrected chi connectivity index (χ3v) is 5.02. The van der Waals surface area contributed by atoms with Gasteiger partial charge < -0.3 is 0 Å². The Morgan fingerprint density at radius 3 is 2.90 bits per heavy atom. The predicted molar refractivity (Wildman–Crippen MR) is 84.5 cm³/mol. The molecule has 1 amide bonds. The molecule has 1 aliphatic heterocycles. The minimum atomic E-state index is 0.232. The molecule has 6 heteroatoms. The highest BCUT2D eigenvalue weighted by Crippen LogP contribution is 2.33. The van der Waals surface area contributed by atoms with Crippen LogP contribution in [0.1, 0.15) is 18.4 Å². The highest BCUT2D eigenvalue weighted by molar-refractivity contribution is 8.13. The third-order valence-electron chi connectivity index (χ3n) is 3.37. The Morgan fingerprint density at radius 2 is 2.20 bits per heavy atom. The van der Waals surface area contributed by atoms with Crippen molar-refractivity contribution in [3.05, 3.63) is 33.8 Å². The number of rotatable bonds is 3. The number of halogens is 2. The zero-order chi connectivity index (χ0) is 14.1. The second-order valence-electron chi connectivity index (χ2n) is 4.95. The van der Waals surface area contributed by atoms with Gasteiger partial charge >= 0.3 is 0 Å². The van der Waals surface area contributed by atoms with Crippen LogP contribution >= 0.6 is 35.0 Å². The average Bonchev–Trinajstić information content (AvgIpc) is 3.16. The molecular weight excluding hydrogens is 315 g/mol. The van der Waals surface area contributed by atoms with Crippen molar-refractivity contribution in [1.29, 1.82) is 0 Å². The second kappa shape index (κ2) is 5.96. The highest BCUT2D eigenvalue weighted by Gasteiger charge is 2.36. The summed E-state index contributed by atoms with van der Waals surface area (Å²) in [5.41, 5.74) is 1.01. The van der Waals surface area contributed by atoms with Gasteiger partial charge in [-0.05, 0) is 30.5 Å². The lowest BCUT2D eigenvalue weighted by molar-refractivity contribution is -0.128. The van der Waals surface area contributed by atoms with Crippen molar-refractivity contribution < 1.29 is 4.79 Å². The monoisotopic (exact) mass is 328 g/mol. The molecule has 0 atom stereocenters. The molecule has 1 aliphatic carbocycles. The van der Waals surface area contributed by atoms with Crippen LogP contribution in [0.2, 0.25) is 10.0 Å². The van der Waals surface area contributed by atoms with Gasteiger partial charge in [-0.3, -0.25) is 14.7 Å². The lowest BCUT2D eigenvalue weighted by Gasteiger charge is -2.17. The van der Waals surface area contributed by atoms with Gasteiger partial charge in [0.1, 0.15) is 0 Å². The fourth-order valence-electron chi connectivity index (χ4n) is 2.09. The summed E-state index contributed by atoms with van der Waals surface area (Å²) in [6, 6.07) is 5.48. The van der Waals surface area contributed by atoms with E-state index in [-0.39, 0.29) is 11.8 Å². The van der Waals surface area contributed by atoms with Crippen LogP contribution in [-0.2, 0) is 10.5 Å². The number of hydrogen-bond acceptors (Lipinski definition) is 3. The van der Waals surface area contributed by atoms with E-state index < -0.39 is 0 Å². The minimum absolute atomic E-state index is 0.232. The Hall–Kier alpha value is -0.710. The van der Waals surface area contributed by atoms with Gasteiger partial charge in [-0.2, -0.15) is 0 Å². The van der Waals surface area contributed by atoms with Crippen LogP contribution in [-0.4, -0.2) is 29.1 Å². The first-order valence-electron chi connectivity index (χ1n) is 6.57. The Labute approximate surface area is 132 Å². The van der Waals surface area contributed by atoms with Crippen LogP contribution < -0.4 is 0 Å². The summed E-state index contributed by atoms with van der Waals surface area (Å²) >= 11 is 13.6. The standard InChI is InChI=1S/C14H14Cl2N2OS/c15-11-4-3-10(12(16)7-11)8-20-14-17-5-6-18(14)13(19)9-1-2-9/h3-4,7,9H,1-2,5-6,8H2. The molecule has 1 fully saturated rings. The van der Waals surface area contributed by atoms with Gasteiger partial charge in [-0.15, -0.1) is 0 Å². The summed E-state index contributed by atoms with van der Waals surface area (Å²) in [5.74, 6) is 1.16. The first kappa shape index (κ1) is 14.2. The van der Waals surface area contributed by atoms with Crippen LogP contribution in [0.4, 0.5) is 0 Å². The first-order valence-corrected chi connectivity index (χ1v) is 8.32. The van der Waals surface area contributed by atoms with E-state index in [1.54, 1.807) is 17.8 Å². The van der Waals surface area contributed by atoms with Crippen LogP contribution in [0.25, 0.3) is 0 Å². The lowest BCUT2D eigenvalue weighted by atomic mass is 10.2. The summed E-state index contributed by atoms with van der Waals surface area (Å²) < 4.78 is 0. The van der Waals surface area contributed by atoms with Crippen LogP contribution in [0.15, 0.2) is 23.2 Å². The van der Waals surface area contributed by atoms with Crippen LogP contribution in [0.5, 0.6) is 0 Å². The number of carbonyl (C=O) groups is 1. The molecule has 1 heterocycles. The van der Waals surface area contributed by atoms with Gasteiger partial charge in [0.05, 0.1) is 6.54 Å². The first-order chi connectivity index (χ1) is 9.65. The van der Waals surface area contributed by atoms with Crippen LogP contribution in [0.3, 0.4) is 0 Å². The van der Waals surface area contributed by atoms with Gasteiger partial charge in [0.2, 0.25) is 5.91 Å². The topological polar surface area (TPSA) is 32.7 Å². The van der Waals surface area contributed by atoms with E-state index in [1.165, 1.54) is 0 Å². The molecule has 1 saturated carbocycles. The minimum Gasteiger partial charge on any atom is -0.289 e. The molecule has 20 heavy (non-hydrogen) atoms. The number of hydrogen-bond donors (Lipinski definition) is 0. The maximum absolute atomic E-state index is 12.1. The predicted octanol–water partition coefficient (Wildman–Crippen LogP) is 3.83. The summed E-state index contributed by atoms with van der Waals surface area (Å²) in [5, 5.41) is 2.11. The quantitative estimate of drug-likeness (QED) is 0.844. The lowest BCUT2D eigenvalue weighted by Crippen LogP contribution is -2.33. The molecule has 0 N–H and O–H groups in total. The van der Waals surface area contributed by atoms with Gasteiger partial charge in [0, 0.05) is 28.3 Å². The maximum Gasteiger partial charge on any atom is 0.231 e. The molecular formula is C14H14Cl2N2OS. The smallest absolute Gasteiger partial charge is 0.231 e. The van der Waals surface area contributed by atoms with Crippen molar-refractivity contribution in [1.82, 2.24) is 4.90 Å². The SMILES string of the molecule is O=C(C1CC1)N1CCN=C1SCc1ccc(Cl)cc1Cl. The van der Waals surface area contributed by atoms with E-state index in [2.05, 4.69) is 4.99 Å². The van der Waals surface area contributed by atoms with Gasteiger partial charge in [-0.1, -0.05) is 41.0 Å². The Kier molecular flexibility index (Phi) is 4.24. The van der Waals surface area contributed by atoms with E-state index in [0.717, 1.165) is 23.6 Å². The zero-order valence-electron chi connectivity index (χ0n) is 10.8. The summed E-state index contributed by atoms with van der Waals surface area (Å²) in [7, 11) is 0. The molecule has 3 nitrogen and oxygen atoms in total. The molecule has 3 rings (SSSR count). The molecule has 106 valence electrons. The maximum atomic E-state index is 12.1. The Morgan fingerprint density at radius 1 is 1.40 bits per heavy atom. The van der Waals surface area contributed by atoms with Crippen molar-refractivity contribution in [2.45, 2.75) is 18.6 Å². The molecule has 0 aromatic heterocycles. The molecule has 1 aromatic rings. The summed E-state index contributed by atoms with van der Waals surface area (Å²) in [4.78, 5) is 18.4. The third kappa shape index (κ3) is 3.13. The van der Waals surface area contributed by atoms with E-state index in [0.29, 0.717) is 28.9 Å². The highest BCUT2D eigenvalue weighted by atomic mass is 35.5. The van der Waals surface area contributed by atoms with Crippen molar-refractivity contribution >= 4 is 46.0 Å². The Balaban J connectivity index is 1.63. The van der Waals surface area contributed by atoms with Crippen molar-refractivity contribution in [3.63, 3.8) is 0 Å². The normalized spacial score (nSPS) is 18.3. The largest absolute Gasteiger partial charge is 0.289 e. The van der Waals surface area contributed by atoms with Crippen molar-refractivity contribution in [3.8, 4) is 0 Å². The van der Waals surface area contributed by atoms with E-state index in [1.807, 2.05) is 17.0 Å². The van der Waals surface area contributed by atoms with E-state index in [9.17, 15) is 4.79 Å². The number of thioether (sulfide) groups is 1. The zero-order valence-corrected chi connectivity index (χ0v) is 13.1. The number of amides is 1. The van der Waals surface area contributed by atoms with Gasteiger partial charge in [0.25, 0.3) is 0 Å². The van der Waals surface area contributed by atoms with E-state index >= 15 is 0 Å². The van der Waals surface area contributed by atoms with Crippen molar-refractivity contribution in [2.75, 3.05) is 13.1 Å². The molecule has 0 saturated heterocycles.